The predicted octanol–water partition coefficient (Wildman–Crippen LogP) is 2.77. The van der Waals surface area contributed by atoms with E-state index in [0.29, 0.717) is 0 Å². The summed E-state index contributed by atoms with van der Waals surface area (Å²) in [5, 5.41) is 8.58. The van der Waals surface area contributed by atoms with Crippen LogP contribution >= 0.6 is 0 Å². The van der Waals surface area contributed by atoms with E-state index in [1.807, 2.05) is 0 Å². The second-order valence-electron chi connectivity index (χ2n) is 4.15. The number of carbonyl (C=O) groups is 2. The highest BCUT2D eigenvalue weighted by atomic mass is 17.2. The SMILES string of the molecule is CC(C)C.COOC(=O)c1ccc(C(=O)O)cc1. The lowest BCUT2D eigenvalue weighted by Gasteiger charge is -1.99. The van der Waals surface area contributed by atoms with Crippen molar-refractivity contribution >= 4 is 11.9 Å². The first-order valence-electron chi connectivity index (χ1n) is 5.46. The Kier molecular flexibility index (Phi) is 7.38. The van der Waals surface area contributed by atoms with Crippen LogP contribution in [0.5, 0.6) is 0 Å². The van der Waals surface area contributed by atoms with Crippen molar-refractivity contribution in [3.8, 4) is 0 Å². The molecule has 1 aromatic carbocycles. The van der Waals surface area contributed by atoms with E-state index in [-0.39, 0.29) is 11.1 Å². The number of hydrogen-bond donors (Lipinski definition) is 1. The summed E-state index contributed by atoms with van der Waals surface area (Å²) in [6.07, 6.45) is 0. The van der Waals surface area contributed by atoms with Gasteiger partial charge in [-0.2, -0.15) is 4.89 Å². The van der Waals surface area contributed by atoms with E-state index in [9.17, 15) is 9.59 Å². The molecule has 0 aromatic heterocycles. The van der Waals surface area contributed by atoms with E-state index < -0.39 is 11.9 Å². The average Bonchev–Trinajstić information content (AvgIpc) is 2.28. The largest absolute Gasteiger partial charge is 0.478 e. The number of hydrogen-bond acceptors (Lipinski definition) is 4. The molecule has 0 aliphatic heterocycles. The van der Waals surface area contributed by atoms with Crippen molar-refractivity contribution in [3.63, 3.8) is 0 Å². The van der Waals surface area contributed by atoms with Crippen molar-refractivity contribution in [2.45, 2.75) is 20.8 Å². The molecule has 0 atom stereocenters. The fourth-order valence-electron chi connectivity index (χ4n) is 0.873. The van der Waals surface area contributed by atoms with Gasteiger partial charge in [-0.1, -0.05) is 20.8 Å². The number of carboxylic acid groups (broad SMARTS) is 1. The summed E-state index contributed by atoms with van der Waals surface area (Å²) in [4.78, 5) is 29.9. The number of rotatable bonds is 3. The lowest BCUT2D eigenvalue weighted by atomic mass is 10.1. The van der Waals surface area contributed by atoms with Crippen LogP contribution < -0.4 is 0 Å². The summed E-state index contributed by atoms with van der Waals surface area (Å²) in [6, 6.07) is 5.33. The molecule has 1 aromatic rings. The van der Waals surface area contributed by atoms with Crippen molar-refractivity contribution in [2.75, 3.05) is 7.11 Å². The topological polar surface area (TPSA) is 72.8 Å². The van der Waals surface area contributed by atoms with Gasteiger partial charge in [0.1, 0.15) is 0 Å². The Morgan fingerprint density at radius 1 is 1.06 bits per heavy atom. The number of carboxylic acids is 1. The van der Waals surface area contributed by atoms with Crippen LogP contribution in [0.15, 0.2) is 24.3 Å². The molecule has 18 heavy (non-hydrogen) atoms. The van der Waals surface area contributed by atoms with E-state index in [4.69, 9.17) is 5.11 Å². The lowest BCUT2D eigenvalue weighted by Crippen LogP contribution is -2.04. The first-order valence-corrected chi connectivity index (χ1v) is 5.46. The summed E-state index contributed by atoms with van der Waals surface area (Å²) in [6.45, 7) is 6.50. The molecule has 5 heteroatoms. The Labute approximate surface area is 106 Å². The van der Waals surface area contributed by atoms with E-state index in [0.717, 1.165) is 5.92 Å². The Balaban J connectivity index is 0.000000631. The molecule has 0 radical (unpaired) electrons. The van der Waals surface area contributed by atoms with Crippen LogP contribution in [0.2, 0.25) is 0 Å². The van der Waals surface area contributed by atoms with Crippen LogP contribution in [0.25, 0.3) is 0 Å². The third-order valence-corrected chi connectivity index (χ3v) is 1.53. The van der Waals surface area contributed by atoms with Gasteiger partial charge in [-0.25, -0.2) is 9.59 Å². The monoisotopic (exact) mass is 254 g/mol. The third kappa shape index (κ3) is 6.65. The lowest BCUT2D eigenvalue weighted by molar-refractivity contribution is -0.216. The van der Waals surface area contributed by atoms with Crippen LogP contribution in [0.1, 0.15) is 41.5 Å². The molecule has 0 fully saturated rings. The first-order chi connectivity index (χ1) is 8.38. The van der Waals surface area contributed by atoms with Crippen molar-refractivity contribution in [1.82, 2.24) is 0 Å². The van der Waals surface area contributed by atoms with Crippen LogP contribution in [0.3, 0.4) is 0 Å². The van der Waals surface area contributed by atoms with Gasteiger partial charge in [0.15, 0.2) is 0 Å². The fourth-order valence-corrected chi connectivity index (χ4v) is 0.873. The predicted molar refractivity (Wildman–Crippen MR) is 66.3 cm³/mol. The van der Waals surface area contributed by atoms with Crippen molar-refractivity contribution in [1.29, 1.82) is 0 Å². The van der Waals surface area contributed by atoms with Crippen LogP contribution in [0, 0.1) is 5.92 Å². The molecule has 0 heterocycles. The zero-order chi connectivity index (χ0) is 14.1. The van der Waals surface area contributed by atoms with Gasteiger partial charge in [0.25, 0.3) is 0 Å². The normalized spacial score (nSPS) is 9.39. The summed E-state index contributed by atoms with van der Waals surface area (Å²) in [5.74, 6) is -0.874. The Morgan fingerprint density at radius 2 is 1.44 bits per heavy atom. The molecule has 0 spiro atoms. The molecule has 5 nitrogen and oxygen atoms in total. The molecular weight excluding hydrogens is 236 g/mol. The maximum absolute atomic E-state index is 11.0. The van der Waals surface area contributed by atoms with E-state index >= 15 is 0 Å². The number of carbonyl (C=O) groups excluding carboxylic acids is 1. The van der Waals surface area contributed by atoms with Gasteiger partial charge in [-0.3, -0.25) is 4.89 Å². The zero-order valence-corrected chi connectivity index (χ0v) is 11.0. The summed E-state index contributed by atoms with van der Waals surface area (Å²) < 4.78 is 0. The highest BCUT2D eigenvalue weighted by Gasteiger charge is 2.08. The zero-order valence-electron chi connectivity index (χ0n) is 11.0. The van der Waals surface area contributed by atoms with Gasteiger partial charge in [-0.05, 0) is 30.2 Å². The van der Waals surface area contributed by atoms with Crippen molar-refractivity contribution < 1.29 is 24.5 Å². The highest BCUT2D eigenvalue weighted by molar-refractivity contribution is 5.92. The van der Waals surface area contributed by atoms with Gasteiger partial charge in [0.05, 0.1) is 18.2 Å². The van der Waals surface area contributed by atoms with E-state index in [2.05, 4.69) is 30.5 Å². The smallest absolute Gasteiger partial charge is 0.373 e. The average molecular weight is 254 g/mol. The van der Waals surface area contributed by atoms with E-state index in [1.165, 1.54) is 31.4 Å². The standard InChI is InChI=1S/C9H8O5.C4H10/c1-13-14-9(12)7-4-2-6(3-5-7)8(10)11;1-4(2)3/h2-5H,1H3,(H,10,11);4H,1-3H3. The Bertz CT molecular complexity index is 378. The highest BCUT2D eigenvalue weighted by Crippen LogP contribution is 2.05. The molecule has 0 unspecified atom stereocenters. The minimum Gasteiger partial charge on any atom is -0.478 e. The van der Waals surface area contributed by atoms with Crippen molar-refractivity contribution in [2.24, 2.45) is 5.92 Å². The third-order valence-electron chi connectivity index (χ3n) is 1.53. The quantitative estimate of drug-likeness (QED) is 0.663. The molecule has 1 N–H and O–H groups in total. The molecular formula is C13H18O5. The minimum atomic E-state index is -1.04. The van der Waals surface area contributed by atoms with Crippen LogP contribution in [0.4, 0.5) is 0 Å². The maximum atomic E-state index is 11.0. The summed E-state index contributed by atoms with van der Waals surface area (Å²) >= 11 is 0. The van der Waals surface area contributed by atoms with Crippen LogP contribution in [-0.4, -0.2) is 24.2 Å². The van der Waals surface area contributed by atoms with Gasteiger partial charge in [0.2, 0.25) is 0 Å². The number of benzene rings is 1. The molecule has 0 aliphatic carbocycles. The first kappa shape index (κ1) is 16.1. The summed E-state index contributed by atoms with van der Waals surface area (Å²) in [5.41, 5.74) is 0.343. The minimum absolute atomic E-state index is 0.110. The Morgan fingerprint density at radius 3 is 1.78 bits per heavy atom. The van der Waals surface area contributed by atoms with Gasteiger partial charge in [-0.15, -0.1) is 0 Å². The molecule has 0 amide bonds. The Hall–Kier alpha value is -1.88. The number of aromatic carboxylic acids is 1. The molecule has 0 saturated carbocycles. The van der Waals surface area contributed by atoms with Crippen LogP contribution in [-0.2, 0) is 9.78 Å². The van der Waals surface area contributed by atoms with Crippen molar-refractivity contribution in [3.05, 3.63) is 35.4 Å². The molecule has 0 bridgehead atoms. The van der Waals surface area contributed by atoms with Gasteiger partial charge >= 0.3 is 11.9 Å². The second kappa shape index (κ2) is 8.25. The van der Waals surface area contributed by atoms with Gasteiger partial charge < -0.3 is 5.11 Å². The summed E-state index contributed by atoms with van der Waals surface area (Å²) in [7, 11) is 1.21. The fraction of sp³-hybridized carbons (Fsp3) is 0.385. The molecule has 0 saturated heterocycles. The molecule has 1 rings (SSSR count). The maximum Gasteiger partial charge on any atom is 0.373 e. The second-order valence-corrected chi connectivity index (χ2v) is 4.15. The van der Waals surface area contributed by atoms with Gasteiger partial charge in [0, 0.05) is 0 Å². The van der Waals surface area contributed by atoms with E-state index in [1.54, 1.807) is 0 Å². The molecule has 100 valence electrons. The molecule has 0 aliphatic rings.